The Morgan fingerprint density at radius 1 is 1.27 bits per heavy atom. The van der Waals surface area contributed by atoms with Gasteiger partial charge in [-0.1, -0.05) is 0 Å². The summed E-state index contributed by atoms with van der Waals surface area (Å²) in [6.07, 6.45) is 1.75. The molecular formula is C18H21N5O3. The Hall–Kier alpha value is -2.74. The molecule has 4 rings (SSSR count). The van der Waals surface area contributed by atoms with Gasteiger partial charge in [0.25, 0.3) is 5.56 Å². The number of carbonyl (C=O) groups excluding carboxylic acids is 1. The lowest BCUT2D eigenvalue weighted by atomic mass is 9.78. The lowest BCUT2D eigenvalue weighted by Gasteiger charge is -2.55. The predicted octanol–water partition coefficient (Wildman–Crippen LogP) is 0.278. The molecule has 0 bridgehead atoms. The summed E-state index contributed by atoms with van der Waals surface area (Å²) < 4.78 is 6.46. The van der Waals surface area contributed by atoms with E-state index in [0.717, 1.165) is 37.7 Å². The SMILES string of the molecule is CCNC(=O)Cn1nc(-c2ccc(N3CC4(COC4)C3)nc2)ccc1=O. The van der Waals surface area contributed by atoms with Crippen LogP contribution in [0.2, 0.25) is 0 Å². The maximum Gasteiger partial charge on any atom is 0.267 e. The number of carbonyl (C=O) groups is 1. The first-order chi connectivity index (χ1) is 12.6. The molecule has 0 aliphatic carbocycles. The Bertz CT molecular complexity index is 865. The third-order valence-corrected chi connectivity index (χ3v) is 4.77. The van der Waals surface area contributed by atoms with Crippen LogP contribution in [0.5, 0.6) is 0 Å². The van der Waals surface area contributed by atoms with E-state index in [2.05, 4.69) is 20.3 Å². The van der Waals surface area contributed by atoms with Gasteiger partial charge in [0.1, 0.15) is 12.4 Å². The number of anilines is 1. The van der Waals surface area contributed by atoms with Crippen LogP contribution in [0.1, 0.15) is 6.92 Å². The first-order valence-electron chi connectivity index (χ1n) is 8.73. The third kappa shape index (κ3) is 3.08. The summed E-state index contributed by atoms with van der Waals surface area (Å²) in [4.78, 5) is 30.4. The fourth-order valence-corrected chi connectivity index (χ4v) is 3.33. The van der Waals surface area contributed by atoms with Crippen molar-refractivity contribution in [3.8, 4) is 11.3 Å². The van der Waals surface area contributed by atoms with Crippen molar-refractivity contribution in [2.75, 3.05) is 37.7 Å². The fraction of sp³-hybridized carbons (Fsp3) is 0.444. The van der Waals surface area contributed by atoms with E-state index in [4.69, 9.17) is 4.74 Å². The van der Waals surface area contributed by atoms with E-state index in [1.54, 1.807) is 12.3 Å². The van der Waals surface area contributed by atoms with Gasteiger partial charge in [-0.3, -0.25) is 9.59 Å². The van der Waals surface area contributed by atoms with Crippen molar-refractivity contribution < 1.29 is 9.53 Å². The van der Waals surface area contributed by atoms with Crippen molar-refractivity contribution in [2.45, 2.75) is 13.5 Å². The van der Waals surface area contributed by atoms with Crippen LogP contribution in [0.25, 0.3) is 11.3 Å². The molecule has 1 spiro atoms. The van der Waals surface area contributed by atoms with Crippen LogP contribution in [0.3, 0.4) is 0 Å². The zero-order valence-electron chi connectivity index (χ0n) is 14.6. The number of pyridine rings is 1. The first kappa shape index (κ1) is 16.7. The monoisotopic (exact) mass is 355 g/mol. The van der Waals surface area contributed by atoms with Gasteiger partial charge in [0, 0.05) is 37.5 Å². The van der Waals surface area contributed by atoms with Crippen molar-refractivity contribution in [2.24, 2.45) is 5.41 Å². The van der Waals surface area contributed by atoms with Gasteiger partial charge in [-0.25, -0.2) is 9.67 Å². The highest BCUT2D eigenvalue weighted by Crippen LogP contribution is 2.39. The number of hydrogen-bond acceptors (Lipinski definition) is 6. The largest absolute Gasteiger partial charge is 0.380 e. The highest BCUT2D eigenvalue weighted by atomic mass is 16.5. The van der Waals surface area contributed by atoms with E-state index < -0.39 is 0 Å². The molecule has 1 N–H and O–H groups in total. The Labute approximate surface area is 150 Å². The molecule has 0 radical (unpaired) electrons. The lowest BCUT2D eigenvalue weighted by Crippen LogP contribution is -2.66. The predicted molar refractivity (Wildman–Crippen MR) is 95.9 cm³/mol. The number of hydrogen-bond donors (Lipinski definition) is 1. The Kier molecular flexibility index (Phi) is 4.20. The summed E-state index contributed by atoms with van der Waals surface area (Å²) in [5.74, 6) is 0.696. The van der Waals surface area contributed by atoms with Crippen LogP contribution in [-0.2, 0) is 16.1 Å². The molecule has 0 aromatic carbocycles. The Morgan fingerprint density at radius 3 is 2.69 bits per heavy atom. The van der Waals surface area contributed by atoms with Crippen LogP contribution in [0, 0.1) is 5.41 Å². The number of aromatic nitrogens is 3. The highest BCUT2D eigenvalue weighted by molar-refractivity contribution is 5.75. The van der Waals surface area contributed by atoms with Gasteiger partial charge in [0.15, 0.2) is 0 Å². The number of ether oxygens (including phenoxy) is 1. The zero-order valence-corrected chi connectivity index (χ0v) is 14.6. The second kappa shape index (κ2) is 6.53. The van der Waals surface area contributed by atoms with E-state index in [9.17, 15) is 9.59 Å². The Morgan fingerprint density at radius 2 is 2.08 bits per heavy atom. The molecule has 8 nitrogen and oxygen atoms in total. The maximum atomic E-state index is 11.9. The van der Waals surface area contributed by atoms with Crippen molar-refractivity contribution in [1.29, 1.82) is 0 Å². The molecule has 2 aliphatic heterocycles. The van der Waals surface area contributed by atoms with E-state index >= 15 is 0 Å². The summed E-state index contributed by atoms with van der Waals surface area (Å²) in [7, 11) is 0. The smallest absolute Gasteiger partial charge is 0.267 e. The normalized spacial score (nSPS) is 17.5. The minimum absolute atomic E-state index is 0.0933. The Balaban J connectivity index is 1.48. The van der Waals surface area contributed by atoms with Gasteiger partial charge >= 0.3 is 0 Å². The molecule has 0 saturated carbocycles. The van der Waals surface area contributed by atoms with Crippen LogP contribution < -0.4 is 15.8 Å². The van der Waals surface area contributed by atoms with Crippen molar-refractivity contribution in [3.63, 3.8) is 0 Å². The molecule has 4 heterocycles. The topological polar surface area (TPSA) is 89.3 Å². The average molecular weight is 355 g/mol. The standard InChI is InChI=1S/C18H21N5O3/c1-2-19-16(24)8-23-17(25)6-4-14(21-23)13-3-5-15(20-7-13)22-9-18(10-22)11-26-12-18/h3-7H,2,8-12H2,1H3,(H,19,24). The molecule has 0 unspecified atom stereocenters. The molecule has 2 saturated heterocycles. The fourth-order valence-electron chi connectivity index (χ4n) is 3.33. The number of nitrogens with zero attached hydrogens (tertiary/aromatic N) is 4. The van der Waals surface area contributed by atoms with Crippen LogP contribution in [-0.4, -0.2) is 53.5 Å². The molecule has 8 heteroatoms. The second-order valence-electron chi connectivity index (χ2n) is 6.92. The van der Waals surface area contributed by atoms with Crippen molar-refractivity contribution >= 4 is 11.7 Å². The second-order valence-corrected chi connectivity index (χ2v) is 6.92. The van der Waals surface area contributed by atoms with E-state index in [0.29, 0.717) is 17.7 Å². The van der Waals surface area contributed by atoms with Gasteiger partial charge in [-0.2, -0.15) is 5.10 Å². The summed E-state index contributed by atoms with van der Waals surface area (Å²) in [5.41, 5.74) is 1.45. The van der Waals surface area contributed by atoms with Crippen molar-refractivity contribution in [3.05, 3.63) is 40.8 Å². The molecule has 2 aromatic rings. The molecule has 2 aliphatic rings. The molecule has 26 heavy (non-hydrogen) atoms. The van der Waals surface area contributed by atoms with E-state index in [1.807, 2.05) is 19.1 Å². The molecule has 2 aromatic heterocycles. The average Bonchev–Trinajstić information content (AvgIpc) is 2.55. The molecule has 1 amide bonds. The highest BCUT2D eigenvalue weighted by Gasteiger charge is 2.49. The first-order valence-corrected chi connectivity index (χ1v) is 8.73. The summed E-state index contributed by atoms with van der Waals surface area (Å²) in [6.45, 7) is 5.91. The van der Waals surface area contributed by atoms with E-state index in [1.165, 1.54) is 10.7 Å². The van der Waals surface area contributed by atoms with E-state index in [-0.39, 0.29) is 18.0 Å². The van der Waals surface area contributed by atoms with Crippen LogP contribution >= 0.6 is 0 Å². The minimum atomic E-state index is -0.307. The third-order valence-electron chi connectivity index (χ3n) is 4.77. The molecular weight excluding hydrogens is 334 g/mol. The quantitative estimate of drug-likeness (QED) is 0.829. The zero-order chi connectivity index (χ0) is 18.1. The maximum absolute atomic E-state index is 11.9. The number of likely N-dealkylation sites (N-methyl/N-ethyl adjacent to an activating group) is 1. The molecule has 0 atom stereocenters. The van der Waals surface area contributed by atoms with Crippen molar-refractivity contribution in [1.82, 2.24) is 20.1 Å². The van der Waals surface area contributed by atoms with Gasteiger partial charge in [-0.15, -0.1) is 0 Å². The molecule has 136 valence electrons. The number of rotatable bonds is 5. The summed E-state index contributed by atoms with van der Waals surface area (Å²) in [5, 5.41) is 6.96. The van der Waals surface area contributed by atoms with Gasteiger partial charge in [0.05, 0.1) is 24.3 Å². The lowest BCUT2D eigenvalue weighted by molar-refractivity contribution is -0.127. The minimum Gasteiger partial charge on any atom is -0.380 e. The van der Waals surface area contributed by atoms with Gasteiger partial charge < -0.3 is 15.0 Å². The van der Waals surface area contributed by atoms with Crippen LogP contribution in [0.15, 0.2) is 35.3 Å². The molecule has 2 fully saturated rings. The number of nitrogens with one attached hydrogen (secondary N) is 1. The summed E-state index contributed by atoms with van der Waals surface area (Å²) >= 11 is 0. The van der Waals surface area contributed by atoms with Gasteiger partial charge in [-0.05, 0) is 25.1 Å². The number of amides is 1. The van der Waals surface area contributed by atoms with Gasteiger partial charge in [0.2, 0.25) is 5.91 Å². The summed E-state index contributed by atoms with van der Waals surface area (Å²) in [6, 6.07) is 6.97. The van der Waals surface area contributed by atoms with Crippen LogP contribution in [0.4, 0.5) is 5.82 Å².